The van der Waals surface area contributed by atoms with Crippen LogP contribution in [0.3, 0.4) is 0 Å². The number of anilines is 1. The fourth-order valence-corrected chi connectivity index (χ4v) is 4.92. The molecule has 0 radical (unpaired) electrons. The quantitative estimate of drug-likeness (QED) is 0.880. The van der Waals surface area contributed by atoms with E-state index in [1.54, 1.807) is 6.33 Å². The molecule has 0 bridgehead atoms. The van der Waals surface area contributed by atoms with E-state index in [1.165, 1.54) is 28.7 Å². The molecule has 3 heterocycles. The Morgan fingerprint density at radius 1 is 1.24 bits per heavy atom. The first kappa shape index (κ1) is 13.5. The summed E-state index contributed by atoms with van der Waals surface area (Å²) in [6, 6.07) is 0. The van der Waals surface area contributed by atoms with Gasteiger partial charge in [0, 0.05) is 18.0 Å². The molecule has 1 fully saturated rings. The van der Waals surface area contributed by atoms with Crippen LogP contribution < -0.4 is 4.90 Å². The largest absolute Gasteiger partial charge is 0.393 e. The Hall–Kier alpha value is -1.20. The molecule has 1 N–H and O–H groups in total. The van der Waals surface area contributed by atoms with E-state index in [0.29, 0.717) is 0 Å². The van der Waals surface area contributed by atoms with Gasteiger partial charge in [-0.15, -0.1) is 11.3 Å². The molecule has 4 nitrogen and oxygen atoms in total. The fourth-order valence-electron chi connectivity index (χ4n) is 3.58. The molecule has 1 atom stereocenters. The maximum atomic E-state index is 9.71. The minimum absolute atomic E-state index is 0.143. The van der Waals surface area contributed by atoms with Gasteiger partial charge in [-0.25, -0.2) is 9.97 Å². The summed E-state index contributed by atoms with van der Waals surface area (Å²) in [6.07, 6.45) is 6.86. The zero-order valence-electron chi connectivity index (χ0n) is 12.4. The van der Waals surface area contributed by atoms with Crippen molar-refractivity contribution < 1.29 is 5.11 Å². The van der Waals surface area contributed by atoms with Crippen molar-refractivity contribution in [3.8, 4) is 0 Å². The number of thiophene rings is 1. The number of aryl methyl sites for hydroxylation is 1. The number of aliphatic hydroxyl groups excluding tert-OH is 1. The highest BCUT2D eigenvalue weighted by molar-refractivity contribution is 7.19. The third-order valence-electron chi connectivity index (χ3n) is 4.84. The maximum absolute atomic E-state index is 9.71. The van der Waals surface area contributed by atoms with Gasteiger partial charge in [0.1, 0.15) is 17.0 Å². The van der Waals surface area contributed by atoms with Crippen molar-refractivity contribution in [1.82, 2.24) is 9.97 Å². The van der Waals surface area contributed by atoms with Crippen molar-refractivity contribution in [3.63, 3.8) is 0 Å². The van der Waals surface area contributed by atoms with E-state index in [2.05, 4.69) is 21.8 Å². The number of aliphatic hydroxyl groups is 1. The molecule has 0 amide bonds. The number of hydrogen-bond acceptors (Lipinski definition) is 5. The van der Waals surface area contributed by atoms with Crippen LogP contribution in [0.15, 0.2) is 6.33 Å². The molecular weight excluding hydrogens is 282 g/mol. The van der Waals surface area contributed by atoms with E-state index in [-0.39, 0.29) is 6.10 Å². The summed E-state index contributed by atoms with van der Waals surface area (Å²) in [5.74, 6) is 1.88. The second-order valence-corrected chi connectivity index (χ2v) is 7.53. The van der Waals surface area contributed by atoms with Crippen LogP contribution >= 0.6 is 11.3 Å². The first-order chi connectivity index (χ1) is 10.2. The molecule has 21 heavy (non-hydrogen) atoms. The predicted molar refractivity (Wildman–Crippen MR) is 86.1 cm³/mol. The molecule has 1 saturated heterocycles. The summed E-state index contributed by atoms with van der Waals surface area (Å²) >= 11 is 1.86. The third-order valence-corrected chi connectivity index (χ3v) is 6.00. The zero-order valence-corrected chi connectivity index (χ0v) is 13.2. The van der Waals surface area contributed by atoms with Crippen molar-refractivity contribution in [3.05, 3.63) is 16.8 Å². The Morgan fingerprint density at radius 3 is 2.86 bits per heavy atom. The van der Waals surface area contributed by atoms with Gasteiger partial charge in [-0.1, -0.05) is 6.92 Å². The summed E-state index contributed by atoms with van der Waals surface area (Å²) in [5.41, 5.74) is 1.50. The molecule has 0 spiro atoms. The lowest BCUT2D eigenvalue weighted by atomic mass is 9.89. The van der Waals surface area contributed by atoms with Crippen molar-refractivity contribution >= 4 is 27.4 Å². The Bertz CT molecular complexity index is 661. The number of piperidine rings is 1. The van der Waals surface area contributed by atoms with Crippen LogP contribution in [0.4, 0.5) is 5.82 Å². The van der Waals surface area contributed by atoms with Gasteiger partial charge in [0.2, 0.25) is 0 Å². The van der Waals surface area contributed by atoms with Crippen LogP contribution in [-0.4, -0.2) is 34.3 Å². The van der Waals surface area contributed by atoms with E-state index in [0.717, 1.165) is 48.9 Å². The molecule has 1 aliphatic heterocycles. The zero-order chi connectivity index (χ0) is 14.4. The Morgan fingerprint density at radius 2 is 2.05 bits per heavy atom. The molecule has 5 heteroatoms. The van der Waals surface area contributed by atoms with E-state index in [1.807, 2.05) is 11.3 Å². The average Bonchev–Trinajstić information content (AvgIpc) is 2.85. The van der Waals surface area contributed by atoms with Gasteiger partial charge >= 0.3 is 0 Å². The predicted octanol–water partition coefficient (Wildman–Crippen LogP) is 2.78. The monoisotopic (exact) mass is 303 g/mol. The molecular formula is C16H21N3OS. The molecule has 2 aromatic rings. The topological polar surface area (TPSA) is 49.2 Å². The summed E-state index contributed by atoms with van der Waals surface area (Å²) < 4.78 is 0. The standard InChI is InChI=1S/C16H21N3OS/c1-10-2-3-12-13(8-10)21-16-14(12)15(17-9-18-16)19-6-4-11(20)5-7-19/h9-11,20H,2-8H2,1H3/t10-/m0/s1. The number of aromatic nitrogens is 2. The SMILES string of the molecule is C[C@H]1CCc2c(sc3ncnc(N4CCC(O)CC4)c23)C1. The van der Waals surface area contributed by atoms with Crippen LogP contribution in [-0.2, 0) is 12.8 Å². The highest BCUT2D eigenvalue weighted by Gasteiger charge is 2.26. The van der Waals surface area contributed by atoms with Gasteiger partial charge in [-0.05, 0) is 43.6 Å². The minimum atomic E-state index is -0.143. The molecule has 1 aliphatic carbocycles. The molecule has 0 saturated carbocycles. The lowest BCUT2D eigenvalue weighted by molar-refractivity contribution is 0.145. The number of fused-ring (bicyclic) bond motifs is 3. The van der Waals surface area contributed by atoms with Gasteiger partial charge in [0.05, 0.1) is 11.5 Å². The van der Waals surface area contributed by atoms with Crippen LogP contribution in [0, 0.1) is 5.92 Å². The van der Waals surface area contributed by atoms with E-state index in [4.69, 9.17) is 0 Å². The summed E-state index contributed by atoms with van der Waals surface area (Å²) in [7, 11) is 0. The molecule has 112 valence electrons. The Balaban J connectivity index is 1.79. The normalized spacial score (nSPS) is 23.5. The van der Waals surface area contributed by atoms with Crippen molar-refractivity contribution in [1.29, 1.82) is 0 Å². The number of hydrogen-bond donors (Lipinski definition) is 1. The number of rotatable bonds is 1. The molecule has 0 unspecified atom stereocenters. The van der Waals surface area contributed by atoms with Crippen LogP contribution in [0.25, 0.3) is 10.2 Å². The van der Waals surface area contributed by atoms with E-state index >= 15 is 0 Å². The third kappa shape index (κ3) is 2.32. The van der Waals surface area contributed by atoms with E-state index < -0.39 is 0 Å². The van der Waals surface area contributed by atoms with Crippen molar-refractivity contribution in [2.75, 3.05) is 18.0 Å². The molecule has 0 aromatic carbocycles. The first-order valence-corrected chi connectivity index (χ1v) is 8.72. The Kier molecular flexibility index (Phi) is 3.34. The minimum Gasteiger partial charge on any atom is -0.393 e. The summed E-state index contributed by atoms with van der Waals surface area (Å²) in [6.45, 7) is 4.13. The second kappa shape index (κ2) is 5.21. The molecule has 4 rings (SSSR count). The van der Waals surface area contributed by atoms with Gasteiger partial charge in [-0.3, -0.25) is 0 Å². The number of nitrogens with zero attached hydrogens (tertiary/aromatic N) is 3. The van der Waals surface area contributed by atoms with Gasteiger partial charge < -0.3 is 10.0 Å². The molecule has 2 aromatic heterocycles. The summed E-state index contributed by atoms with van der Waals surface area (Å²) in [5, 5.41) is 11.0. The highest BCUT2D eigenvalue weighted by atomic mass is 32.1. The van der Waals surface area contributed by atoms with Gasteiger partial charge in [-0.2, -0.15) is 0 Å². The average molecular weight is 303 g/mol. The van der Waals surface area contributed by atoms with Crippen molar-refractivity contribution in [2.45, 2.75) is 45.1 Å². The lowest BCUT2D eigenvalue weighted by Crippen LogP contribution is -2.36. The maximum Gasteiger partial charge on any atom is 0.141 e. The highest BCUT2D eigenvalue weighted by Crippen LogP contribution is 2.40. The van der Waals surface area contributed by atoms with Crippen LogP contribution in [0.1, 0.15) is 36.6 Å². The smallest absolute Gasteiger partial charge is 0.141 e. The van der Waals surface area contributed by atoms with Gasteiger partial charge in [0.15, 0.2) is 0 Å². The molecule has 2 aliphatic rings. The van der Waals surface area contributed by atoms with Crippen LogP contribution in [0.5, 0.6) is 0 Å². The van der Waals surface area contributed by atoms with Crippen molar-refractivity contribution in [2.24, 2.45) is 5.92 Å². The van der Waals surface area contributed by atoms with Crippen LogP contribution in [0.2, 0.25) is 0 Å². The fraction of sp³-hybridized carbons (Fsp3) is 0.625. The second-order valence-electron chi connectivity index (χ2n) is 6.45. The lowest BCUT2D eigenvalue weighted by Gasteiger charge is -2.31. The van der Waals surface area contributed by atoms with E-state index in [9.17, 15) is 5.11 Å². The Labute approximate surface area is 128 Å². The first-order valence-electron chi connectivity index (χ1n) is 7.90. The summed E-state index contributed by atoms with van der Waals surface area (Å²) in [4.78, 5) is 14.1. The van der Waals surface area contributed by atoms with Gasteiger partial charge in [0.25, 0.3) is 0 Å².